The van der Waals surface area contributed by atoms with Gasteiger partial charge in [0.2, 0.25) is 0 Å². The molecule has 124 valence electrons. The number of nitriles is 1. The number of carbonyl (C=O) groups is 1. The first kappa shape index (κ1) is 18.1. The van der Waals surface area contributed by atoms with Crippen LogP contribution in [0.15, 0.2) is 53.4 Å². The van der Waals surface area contributed by atoms with Gasteiger partial charge in [0.15, 0.2) is 6.04 Å². The van der Waals surface area contributed by atoms with Crippen LogP contribution in [0.4, 0.5) is 5.69 Å². The van der Waals surface area contributed by atoms with Gasteiger partial charge in [-0.2, -0.15) is 5.26 Å². The summed E-state index contributed by atoms with van der Waals surface area (Å²) in [4.78, 5) is 14.8. The third-order valence-electron chi connectivity index (χ3n) is 4.08. The normalized spacial score (nSPS) is 12.9. The van der Waals surface area contributed by atoms with Crippen molar-refractivity contribution in [2.75, 3.05) is 18.6 Å². The Morgan fingerprint density at radius 1 is 1.25 bits per heavy atom. The molecule has 0 bridgehead atoms. The molecule has 5 heteroatoms. The summed E-state index contributed by atoms with van der Waals surface area (Å²) in [5, 5.41) is 12.0. The fourth-order valence-electron chi connectivity index (χ4n) is 2.37. The van der Waals surface area contributed by atoms with Gasteiger partial charge in [-0.15, -0.1) is 11.8 Å². The van der Waals surface area contributed by atoms with Crippen LogP contribution in [0.1, 0.15) is 18.1 Å². The summed E-state index contributed by atoms with van der Waals surface area (Å²) < 4.78 is 0. The first-order chi connectivity index (χ1) is 11.5. The van der Waals surface area contributed by atoms with Crippen molar-refractivity contribution < 1.29 is 9.69 Å². The highest BCUT2D eigenvalue weighted by Gasteiger charge is 2.22. The van der Waals surface area contributed by atoms with Gasteiger partial charge in [-0.3, -0.25) is 4.79 Å². The van der Waals surface area contributed by atoms with Crippen LogP contribution >= 0.6 is 11.8 Å². The molecule has 2 N–H and O–H groups in total. The quantitative estimate of drug-likeness (QED) is 0.794. The molecule has 0 radical (unpaired) electrons. The largest absolute Gasteiger partial charge is 0.324 e. The van der Waals surface area contributed by atoms with Crippen LogP contribution in [0.2, 0.25) is 0 Å². The zero-order valence-electron chi connectivity index (χ0n) is 14.2. The fourth-order valence-corrected chi connectivity index (χ4v) is 2.78. The van der Waals surface area contributed by atoms with E-state index in [0.717, 1.165) is 11.4 Å². The average Bonchev–Trinajstić information content (AvgIpc) is 2.62. The number of nitrogens with one attached hydrogen (secondary N) is 2. The van der Waals surface area contributed by atoms with Crippen LogP contribution in [-0.2, 0) is 11.3 Å². The molecular weight excluding hydrogens is 318 g/mol. The maximum atomic E-state index is 12.5. The second-order valence-electron chi connectivity index (χ2n) is 5.74. The zero-order valence-corrected chi connectivity index (χ0v) is 15.0. The molecule has 1 amide bonds. The molecule has 2 aromatic carbocycles. The molecule has 2 atom stereocenters. The molecule has 24 heavy (non-hydrogen) atoms. The fraction of sp³-hybridized carbons (Fsp3) is 0.263. The lowest BCUT2D eigenvalue weighted by Crippen LogP contribution is -3.12. The molecule has 0 aliphatic heterocycles. The van der Waals surface area contributed by atoms with Crippen molar-refractivity contribution in [2.24, 2.45) is 0 Å². The molecule has 1 unspecified atom stereocenters. The summed E-state index contributed by atoms with van der Waals surface area (Å²) in [6, 6.07) is 17.3. The Morgan fingerprint density at radius 2 is 1.92 bits per heavy atom. The maximum Gasteiger partial charge on any atom is 0.282 e. The number of hydrogen-bond donors (Lipinski definition) is 2. The topological polar surface area (TPSA) is 57.3 Å². The Bertz CT molecular complexity index is 737. The number of rotatable bonds is 6. The van der Waals surface area contributed by atoms with E-state index in [2.05, 4.69) is 41.9 Å². The number of amides is 1. The van der Waals surface area contributed by atoms with E-state index in [1.807, 2.05) is 20.0 Å². The summed E-state index contributed by atoms with van der Waals surface area (Å²) >= 11 is 1.72. The van der Waals surface area contributed by atoms with Crippen LogP contribution in [0.25, 0.3) is 0 Å². The van der Waals surface area contributed by atoms with E-state index < -0.39 is 0 Å². The van der Waals surface area contributed by atoms with Gasteiger partial charge in [-0.1, -0.05) is 24.3 Å². The van der Waals surface area contributed by atoms with E-state index >= 15 is 0 Å². The lowest BCUT2D eigenvalue weighted by Gasteiger charge is -2.21. The van der Waals surface area contributed by atoms with Crippen molar-refractivity contribution in [1.29, 1.82) is 5.26 Å². The second-order valence-corrected chi connectivity index (χ2v) is 6.62. The zero-order chi connectivity index (χ0) is 17.5. The van der Waals surface area contributed by atoms with Crippen LogP contribution in [0.5, 0.6) is 0 Å². The lowest BCUT2D eigenvalue weighted by molar-refractivity contribution is -0.907. The van der Waals surface area contributed by atoms with Crippen LogP contribution in [-0.4, -0.2) is 25.3 Å². The summed E-state index contributed by atoms with van der Waals surface area (Å²) in [6.07, 6.45) is 2.05. The van der Waals surface area contributed by atoms with Gasteiger partial charge >= 0.3 is 0 Å². The third kappa shape index (κ3) is 4.60. The van der Waals surface area contributed by atoms with E-state index in [1.54, 1.807) is 30.0 Å². The number of para-hydroxylation sites is 1. The SMILES string of the molecule is CSc1ccc(C[NH+](C)[C@H](C)C(=O)Nc2ccccc2C#N)cc1. The number of hydrogen-bond acceptors (Lipinski definition) is 3. The predicted octanol–water partition coefficient (Wildman–Crippen LogP) is 2.32. The summed E-state index contributed by atoms with van der Waals surface area (Å²) in [7, 11) is 2.00. The average molecular weight is 340 g/mol. The highest BCUT2D eigenvalue weighted by molar-refractivity contribution is 7.98. The number of likely N-dealkylation sites (N-methyl/N-ethyl adjacent to an activating group) is 1. The highest BCUT2D eigenvalue weighted by atomic mass is 32.2. The van der Waals surface area contributed by atoms with Gasteiger partial charge in [0.05, 0.1) is 18.3 Å². The van der Waals surface area contributed by atoms with E-state index in [9.17, 15) is 4.79 Å². The second kappa shape index (κ2) is 8.53. The van der Waals surface area contributed by atoms with Gasteiger partial charge in [-0.05, 0) is 37.4 Å². The molecule has 2 rings (SSSR count). The molecule has 0 aliphatic rings. The summed E-state index contributed by atoms with van der Waals surface area (Å²) in [6.45, 7) is 2.67. The number of benzene rings is 2. The molecule has 0 saturated heterocycles. The molecule has 4 nitrogen and oxygen atoms in total. The van der Waals surface area contributed by atoms with E-state index in [4.69, 9.17) is 5.26 Å². The molecule has 0 heterocycles. The van der Waals surface area contributed by atoms with Gasteiger partial charge in [0.25, 0.3) is 5.91 Å². The van der Waals surface area contributed by atoms with Crippen molar-refractivity contribution in [3.8, 4) is 6.07 Å². The van der Waals surface area contributed by atoms with Crippen LogP contribution in [0.3, 0.4) is 0 Å². The van der Waals surface area contributed by atoms with E-state index in [1.165, 1.54) is 10.5 Å². The Morgan fingerprint density at radius 3 is 2.54 bits per heavy atom. The number of carbonyl (C=O) groups excluding carboxylic acids is 1. The van der Waals surface area contributed by atoms with E-state index in [0.29, 0.717) is 11.3 Å². The number of nitrogens with zero attached hydrogens (tertiary/aromatic N) is 1. The minimum absolute atomic E-state index is 0.0871. The van der Waals surface area contributed by atoms with Gasteiger partial charge in [0, 0.05) is 10.5 Å². The summed E-state index contributed by atoms with van der Waals surface area (Å²) in [5.41, 5.74) is 2.24. The van der Waals surface area contributed by atoms with Gasteiger partial charge in [0.1, 0.15) is 12.6 Å². The molecule has 0 aromatic heterocycles. The molecule has 0 saturated carbocycles. The Balaban J connectivity index is 2.00. The van der Waals surface area contributed by atoms with Crippen molar-refractivity contribution >= 4 is 23.4 Å². The molecular formula is C19H22N3OS+. The minimum Gasteiger partial charge on any atom is -0.324 e. The predicted molar refractivity (Wildman–Crippen MR) is 98.1 cm³/mol. The Kier molecular flexibility index (Phi) is 6.42. The number of quaternary nitrogens is 1. The minimum atomic E-state index is -0.225. The lowest BCUT2D eigenvalue weighted by atomic mass is 10.1. The Labute approximate surface area is 147 Å². The third-order valence-corrected chi connectivity index (χ3v) is 4.82. The van der Waals surface area contributed by atoms with E-state index in [-0.39, 0.29) is 11.9 Å². The molecule has 2 aromatic rings. The van der Waals surface area contributed by atoms with Crippen molar-refractivity contribution in [2.45, 2.75) is 24.4 Å². The molecule has 0 spiro atoms. The Hall–Kier alpha value is -2.29. The van der Waals surface area contributed by atoms with Crippen LogP contribution in [0, 0.1) is 11.3 Å². The first-order valence-corrected chi connectivity index (χ1v) is 9.03. The maximum absolute atomic E-state index is 12.5. The van der Waals surface area contributed by atoms with Crippen molar-refractivity contribution in [1.82, 2.24) is 0 Å². The smallest absolute Gasteiger partial charge is 0.282 e. The standard InChI is InChI=1S/C19H21N3OS/c1-14(19(23)21-18-7-5-4-6-16(18)12-20)22(2)13-15-8-10-17(24-3)11-9-15/h4-11,14H,13H2,1-3H3,(H,21,23)/p+1/t14-/m1/s1. The monoisotopic (exact) mass is 340 g/mol. The van der Waals surface area contributed by atoms with Crippen molar-refractivity contribution in [3.05, 3.63) is 59.7 Å². The molecule has 0 aliphatic carbocycles. The summed E-state index contributed by atoms with van der Waals surface area (Å²) in [5.74, 6) is -0.0871. The van der Waals surface area contributed by atoms with Gasteiger partial charge in [-0.25, -0.2) is 0 Å². The first-order valence-electron chi connectivity index (χ1n) is 7.80. The van der Waals surface area contributed by atoms with Crippen LogP contribution < -0.4 is 10.2 Å². The van der Waals surface area contributed by atoms with Crippen molar-refractivity contribution in [3.63, 3.8) is 0 Å². The van der Waals surface area contributed by atoms with Gasteiger partial charge < -0.3 is 10.2 Å². The molecule has 0 fully saturated rings. The highest BCUT2D eigenvalue weighted by Crippen LogP contribution is 2.15. The number of thioether (sulfide) groups is 1. The number of anilines is 1.